The number of ether oxygens (including phenoxy) is 1. The number of sulfonamides is 1. The Balaban J connectivity index is 1.49. The van der Waals surface area contributed by atoms with E-state index in [-0.39, 0.29) is 17.1 Å². The van der Waals surface area contributed by atoms with Crippen LogP contribution in [0.25, 0.3) is 11.3 Å². The summed E-state index contributed by atoms with van der Waals surface area (Å²) in [6, 6.07) is 15.0. The van der Waals surface area contributed by atoms with Crippen molar-refractivity contribution < 1.29 is 13.2 Å². The Morgan fingerprint density at radius 2 is 1.88 bits per heavy atom. The van der Waals surface area contributed by atoms with Crippen LogP contribution in [0.3, 0.4) is 0 Å². The number of hydrazone groups is 1. The molecule has 9 heteroatoms. The van der Waals surface area contributed by atoms with Crippen LogP contribution in [0.15, 0.2) is 63.9 Å². The lowest BCUT2D eigenvalue weighted by Gasteiger charge is -2.34. The smallest absolute Gasteiger partial charge is 0.243 e. The van der Waals surface area contributed by atoms with E-state index in [4.69, 9.17) is 4.74 Å². The van der Waals surface area contributed by atoms with E-state index in [1.165, 1.54) is 21.2 Å². The summed E-state index contributed by atoms with van der Waals surface area (Å²) < 4.78 is 33.5. The summed E-state index contributed by atoms with van der Waals surface area (Å²) in [6.45, 7) is 6.51. The molecule has 0 amide bonds. The van der Waals surface area contributed by atoms with Gasteiger partial charge in [0.05, 0.1) is 29.0 Å². The summed E-state index contributed by atoms with van der Waals surface area (Å²) in [5, 5.41) is 6.75. The summed E-state index contributed by atoms with van der Waals surface area (Å²) in [7, 11) is -3.61. The third-order valence-corrected chi connectivity index (χ3v) is 7.68. The Bertz CT molecular complexity index is 1200. The molecule has 1 aliphatic heterocycles. The van der Waals surface area contributed by atoms with Gasteiger partial charge in [0.25, 0.3) is 0 Å². The number of nitrogens with one attached hydrogen (secondary N) is 1. The van der Waals surface area contributed by atoms with E-state index in [0.717, 1.165) is 11.1 Å². The highest BCUT2D eigenvalue weighted by Crippen LogP contribution is 2.28. The number of aryl methyl sites for hydroxylation is 1. The van der Waals surface area contributed by atoms with Gasteiger partial charge in [0, 0.05) is 24.0 Å². The molecule has 168 valence electrons. The van der Waals surface area contributed by atoms with Crippen molar-refractivity contribution in [1.82, 2.24) is 9.29 Å². The van der Waals surface area contributed by atoms with Crippen molar-refractivity contribution in [2.45, 2.75) is 37.9 Å². The molecule has 4 rings (SSSR count). The SMILES string of the molecule is Cc1ccc(/C=N/Nc2nc(-c3cccc(S(=O)(=O)N4CC(C)OC(C)C4)c3)cs2)cc1. The molecule has 1 aliphatic rings. The lowest BCUT2D eigenvalue weighted by Crippen LogP contribution is -2.48. The van der Waals surface area contributed by atoms with Crippen molar-refractivity contribution >= 4 is 32.7 Å². The molecule has 0 bridgehead atoms. The number of morpholine rings is 1. The minimum Gasteiger partial charge on any atom is -0.373 e. The third-order valence-electron chi connectivity index (χ3n) is 5.11. The van der Waals surface area contributed by atoms with Crippen molar-refractivity contribution in [2.75, 3.05) is 18.5 Å². The minimum absolute atomic E-state index is 0.135. The molecule has 2 aromatic carbocycles. The van der Waals surface area contributed by atoms with Gasteiger partial charge >= 0.3 is 0 Å². The van der Waals surface area contributed by atoms with Gasteiger partial charge < -0.3 is 4.74 Å². The Morgan fingerprint density at radius 3 is 2.59 bits per heavy atom. The quantitative estimate of drug-likeness (QED) is 0.427. The van der Waals surface area contributed by atoms with Crippen LogP contribution in [-0.2, 0) is 14.8 Å². The zero-order valence-electron chi connectivity index (χ0n) is 18.2. The van der Waals surface area contributed by atoms with Crippen LogP contribution in [0, 0.1) is 6.92 Å². The predicted molar refractivity (Wildman–Crippen MR) is 129 cm³/mol. The highest BCUT2D eigenvalue weighted by atomic mass is 32.2. The van der Waals surface area contributed by atoms with Gasteiger partial charge in [-0.25, -0.2) is 13.4 Å². The lowest BCUT2D eigenvalue weighted by atomic mass is 10.2. The maximum absolute atomic E-state index is 13.2. The van der Waals surface area contributed by atoms with Crippen molar-refractivity contribution in [1.29, 1.82) is 0 Å². The standard InChI is InChI=1S/C23H26N4O3S2/c1-16-7-9-19(10-8-16)12-24-26-23-25-22(15-31-23)20-5-4-6-21(11-20)32(28,29)27-13-17(2)30-18(3)14-27/h4-12,15,17-18H,13-14H2,1-3H3,(H,25,26)/b24-12+. The van der Waals surface area contributed by atoms with Crippen molar-refractivity contribution in [3.8, 4) is 11.3 Å². The molecule has 7 nitrogen and oxygen atoms in total. The molecule has 0 radical (unpaired) electrons. The fourth-order valence-electron chi connectivity index (χ4n) is 3.56. The number of benzene rings is 2. The van der Waals surface area contributed by atoms with Crippen molar-refractivity contribution in [3.63, 3.8) is 0 Å². The first-order chi connectivity index (χ1) is 15.3. The Morgan fingerprint density at radius 1 is 1.16 bits per heavy atom. The average Bonchev–Trinajstić information content (AvgIpc) is 3.23. The number of hydrogen-bond donors (Lipinski definition) is 1. The number of rotatable bonds is 6. The van der Waals surface area contributed by atoms with Gasteiger partial charge in [0.1, 0.15) is 0 Å². The Hall–Kier alpha value is -2.59. The van der Waals surface area contributed by atoms with E-state index in [1.807, 2.05) is 56.5 Å². The van der Waals surface area contributed by atoms with Gasteiger partial charge in [-0.2, -0.15) is 9.41 Å². The van der Waals surface area contributed by atoms with E-state index in [0.29, 0.717) is 23.9 Å². The molecule has 0 saturated carbocycles. The van der Waals surface area contributed by atoms with E-state index >= 15 is 0 Å². The molecule has 2 atom stereocenters. The molecule has 1 aromatic heterocycles. The summed E-state index contributed by atoms with van der Waals surface area (Å²) in [5.41, 5.74) is 6.57. The van der Waals surface area contributed by atoms with Gasteiger partial charge in [0.2, 0.25) is 15.2 Å². The molecule has 2 heterocycles. The molecule has 0 aliphatic carbocycles. The minimum atomic E-state index is -3.61. The van der Waals surface area contributed by atoms with Gasteiger partial charge in [-0.1, -0.05) is 42.0 Å². The summed E-state index contributed by atoms with van der Waals surface area (Å²) >= 11 is 1.41. The van der Waals surface area contributed by atoms with Gasteiger partial charge in [-0.15, -0.1) is 11.3 Å². The third kappa shape index (κ3) is 5.24. The number of aromatic nitrogens is 1. The van der Waals surface area contributed by atoms with E-state index in [2.05, 4.69) is 15.5 Å². The van der Waals surface area contributed by atoms with E-state index < -0.39 is 10.0 Å². The molecule has 3 aromatic rings. The first-order valence-electron chi connectivity index (χ1n) is 10.4. The van der Waals surface area contributed by atoms with Crippen LogP contribution in [0.2, 0.25) is 0 Å². The Labute approximate surface area is 192 Å². The zero-order chi connectivity index (χ0) is 22.7. The van der Waals surface area contributed by atoms with Crippen LogP contribution in [0.4, 0.5) is 5.13 Å². The molecular formula is C23H26N4O3S2. The number of thiazole rings is 1. The largest absolute Gasteiger partial charge is 0.373 e. The molecule has 1 saturated heterocycles. The second-order valence-electron chi connectivity index (χ2n) is 7.93. The normalized spacial score (nSPS) is 20.0. The first-order valence-corrected chi connectivity index (χ1v) is 12.7. The summed E-state index contributed by atoms with van der Waals surface area (Å²) in [6.07, 6.45) is 1.46. The van der Waals surface area contributed by atoms with Gasteiger partial charge in [0.15, 0.2) is 0 Å². The van der Waals surface area contributed by atoms with Crippen molar-refractivity contribution in [3.05, 3.63) is 65.0 Å². The number of nitrogens with zero attached hydrogens (tertiary/aromatic N) is 3. The van der Waals surface area contributed by atoms with Gasteiger partial charge in [-0.3, -0.25) is 5.43 Å². The van der Waals surface area contributed by atoms with E-state index in [9.17, 15) is 8.42 Å². The highest BCUT2D eigenvalue weighted by molar-refractivity contribution is 7.89. The van der Waals surface area contributed by atoms with Crippen LogP contribution < -0.4 is 5.43 Å². The van der Waals surface area contributed by atoms with Crippen molar-refractivity contribution in [2.24, 2.45) is 5.10 Å². The molecule has 1 fully saturated rings. The topological polar surface area (TPSA) is 83.9 Å². The monoisotopic (exact) mass is 470 g/mol. The van der Waals surface area contributed by atoms with Gasteiger partial charge in [-0.05, 0) is 38.5 Å². The Kier molecular flexibility index (Phi) is 6.71. The second-order valence-corrected chi connectivity index (χ2v) is 10.7. The van der Waals surface area contributed by atoms with Crippen LogP contribution in [0.5, 0.6) is 0 Å². The summed E-state index contributed by atoms with van der Waals surface area (Å²) in [4.78, 5) is 4.81. The summed E-state index contributed by atoms with van der Waals surface area (Å²) in [5.74, 6) is 0. The number of anilines is 1. The maximum Gasteiger partial charge on any atom is 0.243 e. The van der Waals surface area contributed by atoms with Crippen LogP contribution in [0.1, 0.15) is 25.0 Å². The molecule has 1 N–H and O–H groups in total. The van der Waals surface area contributed by atoms with Crippen LogP contribution >= 0.6 is 11.3 Å². The van der Waals surface area contributed by atoms with Crippen LogP contribution in [-0.4, -0.2) is 49.2 Å². The zero-order valence-corrected chi connectivity index (χ0v) is 19.9. The first kappa shape index (κ1) is 22.6. The maximum atomic E-state index is 13.2. The second kappa shape index (κ2) is 9.50. The average molecular weight is 471 g/mol. The fraction of sp³-hybridized carbons (Fsp3) is 0.304. The highest BCUT2D eigenvalue weighted by Gasteiger charge is 2.32. The molecular weight excluding hydrogens is 444 g/mol. The molecule has 2 unspecified atom stereocenters. The van der Waals surface area contributed by atoms with E-state index in [1.54, 1.807) is 24.4 Å². The molecule has 32 heavy (non-hydrogen) atoms. The lowest BCUT2D eigenvalue weighted by molar-refractivity contribution is -0.0440. The number of hydrogen-bond acceptors (Lipinski definition) is 7. The predicted octanol–water partition coefficient (Wildman–Crippen LogP) is 4.36. The molecule has 0 spiro atoms. The fourth-order valence-corrected chi connectivity index (χ4v) is 5.87.